The Kier molecular flexibility index (Phi) is 26.0. The molecule has 0 rings (SSSR count). The van der Waals surface area contributed by atoms with Crippen molar-refractivity contribution in [3.05, 3.63) is 0 Å². The Bertz CT molecular complexity index is 496. The first-order valence-corrected chi connectivity index (χ1v) is 16.4. The van der Waals surface area contributed by atoms with Crippen molar-refractivity contribution in [2.75, 3.05) is 0 Å². The average molecular weight is 543 g/mol. The molecule has 0 aliphatic carbocycles. The summed E-state index contributed by atoms with van der Waals surface area (Å²) < 4.78 is 5.93. The molecule has 2 atom stereocenters. The van der Waals surface area contributed by atoms with Gasteiger partial charge in [-0.25, -0.2) is 11.8 Å². The first kappa shape index (κ1) is 37.3. The quantitative estimate of drug-likeness (QED) is 0.0555. The molecule has 0 aromatic carbocycles. The minimum atomic E-state index is -0.703. The van der Waals surface area contributed by atoms with Crippen molar-refractivity contribution in [1.29, 1.82) is 0 Å². The number of carbonyl (C=O) groups is 1. The summed E-state index contributed by atoms with van der Waals surface area (Å²) in [6.45, 7) is 8.24. The summed E-state index contributed by atoms with van der Waals surface area (Å²) in [5, 5.41) is 0. The van der Waals surface area contributed by atoms with Crippen LogP contribution in [0, 0.1) is 0 Å². The fourth-order valence-corrected chi connectivity index (χ4v) is 5.38. The zero-order valence-corrected chi connectivity index (χ0v) is 25.9. The molecule has 0 aromatic heterocycles. The van der Waals surface area contributed by atoms with Gasteiger partial charge in [0.25, 0.3) is 0 Å². The predicted octanol–water partition coefficient (Wildman–Crippen LogP) is 9.23. The molecule has 228 valence electrons. The van der Waals surface area contributed by atoms with E-state index in [1.54, 1.807) is 0 Å². The molecule has 0 saturated carbocycles. The van der Waals surface area contributed by atoms with Gasteiger partial charge in [0.2, 0.25) is 0 Å². The third-order valence-electron chi connectivity index (χ3n) is 7.96. The van der Waals surface area contributed by atoms with Gasteiger partial charge in [0.1, 0.15) is 5.60 Å². The van der Waals surface area contributed by atoms with Crippen LogP contribution in [0.25, 0.3) is 0 Å². The second kappa shape index (κ2) is 26.5. The van der Waals surface area contributed by atoms with Crippen molar-refractivity contribution in [3.8, 4) is 0 Å². The number of ether oxygens (including phenoxy) is 1. The topological polar surface area (TPSA) is 96.8 Å². The number of hydrogen-bond acceptors (Lipinski definition) is 6. The van der Waals surface area contributed by atoms with Crippen LogP contribution in [0.3, 0.4) is 0 Å². The molecule has 0 saturated heterocycles. The fourth-order valence-electron chi connectivity index (χ4n) is 5.38. The van der Waals surface area contributed by atoms with Gasteiger partial charge in [0.15, 0.2) is 0 Å². The molecule has 0 bridgehead atoms. The Morgan fingerprint density at radius 3 is 1.18 bits per heavy atom. The molecular weight excluding hydrogens is 476 g/mol. The highest BCUT2D eigenvalue weighted by atomic mass is 16.6. The van der Waals surface area contributed by atoms with Crippen LogP contribution >= 0.6 is 0 Å². The highest BCUT2D eigenvalue weighted by molar-refractivity contribution is 5.69. The number of rotatable bonds is 29. The molecule has 0 amide bonds. The smallest absolute Gasteiger partial charge is 0.306 e. The first-order chi connectivity index (χ1) is 18.4. The fraction of sp³-hybridized carbons (Fsp3) is 0.969. The molecule has 0 radical (unpaired) electrons. The van der Waals surface area contributed by atoms with Crippen LogP contribution in [0.4, 0.5) is 0 Å². The van der Waals surface area contributed by atoms with E-state index in [9.17, 15) is 4.79 Å². The van der Waals surface area contributed by atoms with Gasteiger partial charge in [0.05, 0.1) is 12.2 Å². The average Bonchev–Trinajstić information content (AvgIpc) is 2.91. The Morgan fingerprint density at radius 2 is 0.895 bits per heavy atom. The predicted molar refractivity (Wildman–Crippen MR) is 160 cm³/mol. The van der Waals surface area contributed by atoms with Crippen LogP contribution < -0.4 is 11.8 Å². The van der Waals surface area contributed by atoms with Gasteiger partial charge in [-0.1, -0.05) is 136 Å². The molecule has 6 nitrogen and oxygen atoms in total. The third kappa shape index (κ3) is 22.2. The van der Waals surface area contributed by atoms with Crippen LogP contribution in [-0.2, 0) is 19.2 Å². The normalized spacial score (nSPS) is 14.8. The van der Waals surface area contributed by atoms with E-state index < -0.39 is 5.60 Å². The minimum absolute atomic E-state index is 0.154. The van der Waals surface area contributed by atoms with E-state index in [0.717, 1.165) is 25.7 Å². The lowest BCUT2D eigenvalue weighted by Gasteiger charge is -2.34. The van der Waals surface area contributed by atoms with Crippen molar-refractivity contribution in [2.45, 2.75) is 200 Å². The first-order valence-electron chi connectivity index (χ1n) is 16.4. The summed E-state index contributed by atoms with van der Waals surface area (Å²) in [5.41, 5.74) is -0.703. The maximum Gasteiger partial charge on any atom is 0.306 e. The van der Waals surface area contributed by atoms with Gasteiger partial charge in [-0.2, -0.15) is 0 Å². The summed E-state index contributed by atoms with van der Waals surface area (Å²) >= 11 is 0. The SMILES string of the molecule is CCCCCCCCCCCCCCCCCCCCCC(=O)OC(C)(CC(CC)ON)CC(CC)ON. The third-order valence-corrected chi connectivity index (χ3v) is 7.96. The number of nitrogens with two attached hydrogens (primary N) is 2. The van der Waals surface area contributed by atoms with E-state index in [0.29, 0.717) is 19.3 Å². The lowest BCUT2D eigenvalue weighted by Crippen LogP contribution is -2.41. The van der Waals surface area contributed by atoms with E-state index in [1.165, 1.54) is 109 Å². The van der Waals surface area contributed by atoms with Gasteiger partial charge in [-0.3, -0.25) is 4.79 Å². The largest absolute Gasteiger partial charge is 0.459 e. The lowest BCUT2D eigenvalue weighted by atomic mass is 9.89. The molecule has 4 N–H and O–H groups in total. The van der Waals surface area contributed by atoms with E-state index in [1.807, 2.05) is 20.8 Å². The summed E-state index contributed by atoms with van der Waals surface area (Å²) in [5.74, 6) is 10.7. The summed E-state index contributed by atoms with van der Waals surface area (Å²) in [4.78, 5) is 22.7. The molecule has 0 fully saturated rings. The monoisotopic (exact) mass is 543 g/mol. The highest BCUT2D eigenvalue weighted by Gasteiger charge is 2.34. The Balaban J connectivity index is 3.77. The van der Waals surface area contributed by atoms with Crippen molar-refractivity contribution in [1.82, 2.24) is 0 Å². The maximum absolute atomic E-state index is 12.6. The molecule has 38 heavy (non-hydrogen) atoms. The second-order valence-electron chi connectivity index (χ2n) is 11.8. The van der Waals surface area contributed by atoms with Gasteiger partial charge in [-0.15, -0.1) is 0 Å². The van der Waals surface area contributed by atoms with Crippen LogP contribution in [0.2, 0.25) is 0 Å². The zero-order chi connectivity index (χ0) is 28.3. The number of carbonyl (C=O) groups excluding carboxylic acids is 1. The number of hydrogen-bond donors (Lipinski definition) is 2. The van der Waals surface area contributed by atoms with Crippen molar-refractivity contribution < 1.29 is 19.2 Å². The molecule has 2 unspecified atom stereocenters. The highest BCUT2D eigenvalue weighted by Crippen LogP contribution is 2.28. The molecule has 0 aliphatic rings. The van der Waals surface area contributed by atoms with Crippen LogP contribution in [0.15, 0.2) is 0 Å². The molecule has 0 aliphatic heterocycles. The summed E-state index contributed by atoms with van der Waals surface area (Å²) in [6, 6.07) is 0. The Labute approximate surface area is 236 Å². The number of esters is 1. The molecule has 0 aromatic rings. The standard InChI is InChI=1S/C32H66N2O4/c1-5-8-9-10-11-12-13-14-15-16-17-18-19-20-21-22-23-24-25-26-31(35)36-32(4,27-29(6-2)37-33)28-30(7-3)38-34/h29-30H,5-28,33-34H2,1-4H3. The van der Waals surface area contributed by atoms with Crippen LogP contribution in [0.1, 0.15) is 182 Å². The van der Waals surface area contributed by atoms with E-state index in [-0.39, 0.29) is 18.2 Å². The minimum Gasteiger partial charge on any atom is -0.459 e. The van der Waals surface area contributed by atoms with Gasteiger partial charge < -0.3 is 14.4 Å². The van der Waals surface area contributed by atoms with Crippen LogP contribution in [0.5, 0.6) is 0 Å². The molecule has 0 spiro atoms. The van der Waals surface area contributed by atoms with Crippen molar-refractivity contribution in [3.63, 3.8) is 0 Å². The van der Waals surface area contributed by atoms with E-state index >= 15 is 0 Å². The Morgan fingerprint density at radius 1 is 0.579 bits per heavy atom. The molecule has 0 heterocycles. The van der Waals surface area contributed by atoms with E-state index in [4.69, 9.17) is 26.2 Å². The van der Waals surface area contributed by atoms with Gasteiger partial charge in [0, 0.05) is 19.3 Å². The number of unbranched alkanes of at least 4 members (excludes halogenated alkanes) is 18. The lowest BCUT2D eigenvalue weighted by molar-refractivity contribution is -0.167. The van der Waals surface area contributed by atoms with Gasteiger partial charge in [-0.05, 0) is 26.2 Å². The molecule has 6 heteroatoms. The van der Waals surface area contributed by atoms with Crippen LogP contribution in [-0.4, -0.2) is 23.8 Å². The van der Waals surface area contributed by atoms with Gasteiger partial charge >= 0.3 is 5.97 Å². The van der Waals surface area contributed by atoms with Crippen molar-refractivity contribution in [2.24, 2.45) is 11.8 Å². The zero-order valence-electron chi connectivity index (χ0n) is 25.9. The van der Waals surface area contributed by atoms with Crippen molar-refractivity contribution >= 4 is 5.97 Å². The Hall–Kier alpha value is -0.690. The summed E-state index contributed by atoms with van der Waals surface area (Å²) in [7, 11) is 0. The van der Waals surface area contributed by atoms with E-state index in [2.05, 4.69) is 6.92 Å². The molecular formula is C32H66N2O4. The second-order valence-corrected chi connectivity index (χ2v) is 11.8. The summed E-state index contributed by atoms with van der Waals surface area (Å²) in [6.07, 6.45) is 28.2. The maximum atomic E-state index is 12.6.